The number of halogens is 3. The summed E-state index contributed by atoms with van der Waals surface area (Å²) < 4.78 is 40.5. The van der Waals surface area contributed by atoms with Gasteiger partial charge in [-0.25, -0.2) is 4.98 Å². The van der Waals surface area contributed by atoms with E-state index in [1.165, 1.54) is 0 Å². The van der Waals surface area contributed by atoms with E-state index >= 15 is 0 Å². The summed E-state index contributed by atoms with van der Waals surface area (Å²) in [6, 6.07) is -0.0135. The standard InChI is InChI=1S/C15H20F3N3O/c16-15(17,18)11-3-1-2-10(8-11)14(22)20-12-4-5-13-19-6-7-21(13)9-12/h6-7,10-12H,1-5,8-9H2,(H,20,22)/t10-,11-,12+/m0/s1. The van der Waals surface area contributed by atoms with Crippen LogP contribution in [0.2, 0.25) is 0 Å². The predicted octanol–water partition coefficient (Wildman–Crippen LogP) is 2.68. The van der Waals surface area contributed by atoms with Gasteiger partial charge in [0.25, 0.3) is 0 Å². The van der Waals surface area contributed by atoms with E-state index in [9.17, 15) is 18.0 Å². The van der Waals surface area contributed by atoms with Gasteiger partial charge in [-0.1, -0.05) is 6.42 Å². The van der Waals surface area contributed by atoms with Gasteiger partial charge in [-0.05, 0) is 25.7 Å². The molecule has 2 heterocycles. The van der Waals surface area contributed by atoms with Crippen molar-refractivity contribution in [2.75, 3.05) is 0 Å². The maximum Gasteiger partial charge on any atom is 0.391 e. The van der Waals surface area contributed by atoms with Gasteiger partial charge in [-0.15, -0.1) is 0 Å². The quantitative estimate of drug-likeness (QED) is 0.912. The van der Waals surface area contributed by atoms with Gasteiger partial charge in [0, 0.05) is 37.3 Å². The zero-order chi connectivity index (χ0) is 15.7. The van der Waals surface area contributed by atoms with E-state index in [1.807, 2.05) is 10.8 Å². The number of rotatable bonds is 2. The van der Waals surface area contributed by atoms with Crippen molar-refractivity contribution in [2.24, 2.45) is 11.8 Å². The van der Waals surface area contributed by atoms with E-state index in [-0.39, 0.29) is 24.8 Å². The molecule has 1 aromatic heterocycles. The summed E-state index contributed by atoms with van der Waals surface area (Å²) in [4.78, 5) is 16.5. The Morgan fingerprint density at radius 1 is 1.32 bits per heavy atom. The minimum atomic E-state index is -4.19. The topological polar surface area (TPSA) is 46.9 Å². The highest BCUT2D eigenvalue weighted by Crippen LogP contribution is 2.40. The third-order valence-corrected chi connectivity index (χ3v) is 4.79. The minimum Gasteiger partial charge on any atom is -0.351 e. The van der Waals surface area contributed by atoms with E-state index in [4.69, 9.17) is 0 Å². The van der Waals surface area contributed by atoms with Crippen LogP contribution in [0, 0.1) is 11.8 Å². The summed E-state index contributed by atoms with van der Waals surface area (Å²) in [5.74, 6) is -1.06. The van der Waals surface area contributed by atoms with Crippen LogP contribution < -0.4 is 5.32 Å². The van der Waals surface area contributed by atoms with Crippen molar-refractivity contribution in [3.8, 4) is 0 Å². The molecule has 4 nitrogen and oxygen atoms in total. The molecule has 22 heavy (non-hydrogen) atoms. The fraction of sp³-hybridized carbons (Fsp3) is 0.733. The number of fused-ring (bicyclic) bond motifs is 1. The summed E-state index contributed by atoms with van der Waals surface area (Å²) >= 11 is 0. The first-order valence-corrected chi connectivity index (χ1v) is 7.80. The monoisotopic (exact) mass is 315 g/mol. The molecule has 1 saturated carbocycles. The Hall–Kier alpha value is -1.53. The second kappa shape index (κ2) is 5.93. The molecule has 1 aromatic rings. The third-order valence-electron chi connectivity index (χ3n) is 4.79. The summed E-state index contributed by atoms with van der Waals surface area (Å²) in [5.41, 5.74) is 0. The van der Waals surface area contributed by atoms with Crippen molar-refractivity contribution in [1.82, 2.24) is 14.9 Å². The van der Waals surface area contributed by atoms with Crippen LogP contribution in [0.15, 0.2) is 12.4 Å². The number of hydrogen-bond acceptors (Lipinski definition) is 2. The molecule has 1 fully saturated rings. The van der Waals surface area contributed by atoms with Crippen molar-refractivity contribution in [2.45, 2.75) is 57.3 Å². The van der Waals surface area contributed by atoms with Crippen LogP contribution in [0.1, 0.15) is 37.9 Å². The molecule has 1 aliphatic carbocycles. The maximum atomic E-state index is 12.8. The fourth-order valence-electron chi connectivity index (χ4n) is 3.53. The van der Waals surface area contributed by atoms with Gasteiger partial charge in [0.05, 0.1) is 5.92 Å². The normalized spacial score (nSPS) is 29.0. The summed E-state index contributed by atoms with van der Waals surface area (Å²) in [7, 11) is 0. The Bertz CT molecular complexity index is 540. The molecule has 3 rings (SSSR count). The van der Waals surface area contributed by atoms with Gasteiger partial charge in [0.1, 0.15) is 5.82 Å². The lowest BCUT2D eigenvalue weighted by atomic mass is 9.80. The summed E-state index contributed by atoms with van der Waals surface area (Å²) in [6.07, 6.45) is 2.09. The van der Waals surface area contributed by atoms with Crippen LogP contribution >= 0.6 is 0 Å². The lowest BCUT2D eigenvalue weighted by molar-refractivity contribution is -0.186. The zero-order valence-electron chi connectivity index (χ0n) is 12.3. The zero-order valence-corrected chi connectivity index (χ0v) is 12.3. The molecule has 1 aliphatic heterocycles. The van der Waals surface area contributed by atoms with Crippen molar-refractivity contribution < 1.29 is 18.0 Å². The summed E-state index contributed by atoms with van der Waals surface area (Å²) in [5, 5.41) is 2.94. The molecule has 0 bridgehead atoms. The average Bonchev–Trinajstić information content (AvgIpc) is 2.94. The fourth-order valence-corrected chi connectivity index (χ4v) is 3.53. The molecule has 0 unspecified atom stereocenters. The number of imidazole rings is 1. The number of aryl methyl sites for hydroxylation is 1. The van der Waals surface area contributed by atoms with Crippen LogP contribution in [-0.4, -0.2) is 27.7 Å². The van der Waals surface area contributed by atoms with Crippen molar-refractivity contribution in [3.63, 3.8) is 0 Å². The minimum absolute atomic E-state index is 0.0135. The van der Waals surface area contributed by atoms with Gasteiger partial charge in [0.15, 0.2) is 0 Å². The van der Waals surface area contributed by atoms with Crippen molar-refractivity contribution in [3.05, 3.63) is 18.2 Å². The second-order valence-electron chi connectivity index (χ2n) is 6.34. The largest absolute Gasteiger partial charge is 0.391 e. The number of carbonyl (C=O) groups excluding carboxylic acids is 1. The van der Waals surface area contributed by atoms with Crippen LogP contribution in [0.25, 0.3) is 0 Å². The first-order valence-electron chi connectivity index (χ1n) is 7.80. The molecular formula is C15H20F3N3O. The van der Waals surface area contributed by atoms with Gasteiger partial charge in [-0.3, -0.25) is 4.79 Å². The van der Waals surface area contributed by atoms with Crippen molar-refractivity contribution in [1.29, 1.82) is 0 Å². The average molecular weight is 315 g/mol. The van der Waals surface area contributed by atoms with Gasteiger partial charge < -0.3 is 9.88 Å². The molecule has 7 heteroatoms. The number of alkyl halides is 3. The molecule has 0 aromatic carbocycles. The lowest BCUT2D eigenvalue weighted by Gasteiger charge is -2.32. The van der Waals surface area contributed by atoms with E-state index in [0.717, 1.165) is 18.7 Å². The number of aromatic nitrogens is 2. The lowest BCUT2D eigenvalue weighted by Crippen LogP contribution is -2.45. The second-order valence-corrected chi connectivity index (χ2v) is 6.34. The van der Waals surface area contributed by atoms with Crippen LogP contribution in [-0.2, 0) is 17.8 Å². The molecule has 0 spiro atoms. The summed E-state index contributed by atoms with van der Waals surface area (Å²) in [6.45, 7) is 0.649. The highest BCUT2D eigenvalue weighted by atomic mass is 19.4. The van der Waals surface area contributed by atoms with Crippen LogP contribution in [0.5, 0.6) is 0 Å². The Labute approximate surface area is 127 Å². The molecule has 2 aliphatic rings. The third kappa shape index (κ3) is 3.28. The van der Waals surface area contributed by atoms with Crippen molar-refractivity contribution >= 4 is 5.91 Å². The van der Waals surface area contributed by atoms with E-state index in [0.29, 0.717) is 19.4 Å². The highest BCUT2D eigenvalue weighted by Gasteiger charge is 2.43. The van der Waals surface area contributed by atoms with E-state index < -0.39 is 18.0 Å². The Morgan fingerprint density at radius 3 is 2.91 bits per heavy atom. The van der Waals surface area contributed by atoms with E-state index in [1.54, 1.807) is 6.20 Å². The molecule has 122 valence electrons. The van der Waals surface area contributed by atoms with E-state index in [2.05, 4.69) is 10.3 Å². The maximum absolute atomic E-state index is 12.8. The van der Waals surface area contributed by atoms with Gasteiger partial charge in [0.2, 0.25) is 5.91 Å². The van der Waals surface area contributed by atoms with Crippen LogP contribution in [0.4, 0.5) is 13.2 Å². The smallest absolute Gasteiger partial charge is 0.351 e. The number of amides is 1. The SMILES string of the molecule is O=C(N[C@@H]1CCc2nccn2C1)[C@H]1CCC[C@H](C(F)(F)F)C1. The Balaban J connectivity index is 1.56. The highest BCUT2D eigenvalue weighted by molar-refractivity contribution is 5.79. The van der Waals surface area contributed by atoms with Gasteiger partial charge >= 0.3 is 6.18 Å². The van der Waals surface area contributed by atoms with Gasteiger partial charge in [-0.2, -0.15) is 13.2 Å². The predicted molar refractivity (Wildman–Crippen MR) is 74.0 cm³/mol. The number of nitrogens with one attached hydrogen (secondary N) is 1. The number of hydrogen-bond donors (Lipinski definition) is 1. The molecule has 3 atom stereocenters. The van der Waals surface area contributed by atoms with Crippen LogP contribution in [0.3, 0.4) is 0 Å². The molecule has 1 amide bonds. The number of carbonyl (C=O) groups is 1. The first kappa shape index (κ1) is 15.4. The molecular weight excluding hydrogens is 295 g/mol. The molecule has 1 N–H and O–H groups in total. The Morgan fingerprint density at radius 2 is 2.14 bits per heavy atom. The molecule has 0 saturated heterocycles. The Kier molecular flexibility index (Phi) is 4.14. The number of nitrogens with zero attached hydrogens (tertiary/aromatic N) is 2. The first-order chi connectivity index (χ1) is 10.4. The molecule has 0 radical (unpaired) electrons.